The topological polar surface area (TPSA) is 83.8 Å². The Morgan fingerprint density at radius 3 is 2.33 bits per heavy atom. The molecule has 0 aliphatic carbocycles. The zero-order valence-corrected chi connectivity index (χ0v) is 9.27. The molecule has 1 unspecified atom stereocenters. The molecule has 0 aliphatic rings. The molecule has 0 spiro atoms. The molecule has 82 valence electrons. The van der Waals surface area contributed by atoms with Gasteiger partial charge in [0.1, 0.15) is 0 Å². The van der Waals surface area contributed by atoms with Crippen LogP contribution in [0, 0.1) is 0 Å². The fourth-order valence-electron chi connectivity index (χ4n) is 0.923. The van der Waals surface area contributed by atoms with Crippen LogP contribution in [0.15, 0.2) is 30.3 Å². The average molecular weight is 248 g/mol. The van der Waals surface area contributed by atoms with Crippen LogP contribution in [0.5, 0.6) is 0 Å². The van der Waals surface area contributed by atoms with E-state index in [1.807, 2.05) is 0 Å². The zero-order chi connectivity index (χ0) is 11.5. The third kappa shape index (κ3) is 4.15. The van der Waals surface area contributed by atoms with Crippen molar-refractivity contribution >= 4 is 26.2 Å². The van der Waals surface area contributed by atoms with Crippen LogP contribution in [0.3, 0.4) is 0 Å². The molecule has 1 aromatic carbocycles. The third-order valence-corrected chi connectivity index (χ3v) is 2.51. The number of phosphoric ester groups is 1. The van der Waals surface area contributed by atoms with Crippen LogP contribution in [0.25, 0.3) is 0 Å². The summed E-state index contributed by atoms with van der Waals surface area (Å²) in [4.78, 5) is 28.4. The van der Waals surface area contributed by atoms with Crippen molar-refractivity contribution in [3.8, 4) is 0 Å². The monoisotopic (exact) mass is 248 g/mol. The third-order valence-electron chi connectivity index (χ3n) is 1.52. The van der Waals surface area contributed by atoms with Gasteiger partial charge in [-0.15, -0.1) is 12.6 Å². The first-order valence-corrected chi connectivity index (χ1v) is 5.96. The number of carbonyl (C=O) groups is 1. The van der Waals surface area contributed by atoms with Gasteiger partial charge in [0.15, 0.2) is 5.44 Å². The Kier molecular flexibility index (Phi) is 4.07. The maximum atomic E-state index is 11.5. The second kappa shape index (κ2) is 4.92. The summed E-state index contributed by atoms with van der Waals surface area (Å²) < 4.78 is 14.6. The van der Waals surface area contributed by atoms with Gasteiger partial charge in [0.05, 0.1) is 0 Å². The van der Waals surface area contributed by atoms with Crippen LogP contribution < -0.4 is 0 Å². The summed E-state index contributed by atoms with van der Waals surface area (Å²) in [6, 6.07) is 7.99. The van der Waals surface area contributed by atoms with E-state index in [1.165, 1.54) is 12.1 Å². The summed E-state index contributed by atoms with van der Waals surface area (Å²) in [7, 11) is -4.69. The normalized spacial score (nSPS) is 13.5. The van der Waals surface area contributed by atoms with Crippen molar-refractivity contribution in [3.05, 3.63) is 35.9 Å². The molecular formula is C8H9O5PS. The smallest absolute Gasteiger partial charge is 0.303 e. The number of hydrogen-bond acceptors (Lipinski definition) is 4. The van der Waals surface area contributed by atoms with Crippen molar-refractivity contribution in [2.24, 2.45) is 0 Å². The summed E-state index contributed by atoms with van der Waals surface area (Å²) >= 11 is 3.67. The molecule has 0 saturated carbocycles. The van der Waals surface area contributed by atoms with Gasteiger partial charge in [-0.05, 0) is 0 Å². The number of thiol groups is 1. The molecule has 0 fully saturated rings. The van der Waals surface area contributed by atoms with E-state index in [-0.39, 0.29) is 5.56 Å². The molecule has 15 heavy (non-hydrogen) atoms. The number of phosphoric acid groups is 1. The van der Waals surface area contributed by atoms with Crippen LogP contribution in [0.1, 0.15) is 10.4 Å². The lowest BCUT2D eigenvalue weighted by atomic mass is 10.1. The Hall–Kier alpha value is -0.650. The van der Waals surface area contributed by atoms with Gasteiger partial charge >= 0.3 is 7.82 Å². The Morgan fingerprint density at radius 1 is 1.33 bits per heavy atom. The van der Waals surface area contributed by atoms with Crippen LogP contribution in [-0.2, 0) is 9.09 Å². The highest BCUT2D eigenvalue weighted by Crippen LogP contribution is 2.38. The molecule has 1 rings (SSSR count). The van der Waals surface area contributed by atoms with Gasteiger partial charge in [-0.25, -0.2) is 4.57 Å². The first kappa shape index (κ1) is 12.4. The van der Waals surface area contributed by atoms with E-state index < -0.39 is 19.0 Å². The van der Waals surface area contributed by atoms with E-state index in [9.17, 15) is 9.36 Å². The molecule has 1 atom stereocenters. The molecule has 0 aromatic heterocycles. The van der Waals surface area contributed by atoms with E-state index in [2.05, 4.69) is 17.2 Å². The van der Waals surface area contributed by atoms with Crippen LogP contribution >= 0.6 is 20.5 Å². The molecule has 1 aromatic rings. The number of benzene rings is 1. The Balaban J connectivity index is 2.74. The predicted molar refractivity (Wildman–Crippen MR) is 56.7 cm³/mol. The quantitative estimate of drug-likeness (QED) is 0.323. The van der Waals surface area contributed by atoms with Gasteiger partial charge in [0.2, 0.25) is 5.78 Å². The summed E-state index contributed by atoms with van der Waals surface area (Å²) in [6.45, 7) is 0. The Bertz CT molecular complexity index is 387. The summed E-state index contributed by atoms with van der Waals surface area (Å²) in [5.74, 6) is -0.595. The zero-order valence-electron chi connectivity index (χ0n) is 7.48. The van der Waals surface area contributed by atoms with Crippen molar-refractivity contribution in [3.63, 3.8) is 0 Å². The van der Waals surface area contributed by atoms with Gasteiger partial charge in [-0.1, -0.05) is 30.3 Å². The van der Waals surface area contributed by atoms with E-state index in [1.54, 1.807) is 18.2 Å². The first-order chi connectivity index (χ1) is 6.90. The highest BCUT2D eigenvalue weighted by Gasteiger charge is 2.25. The first-order valence-electron chi connectivity index (χ1n) is 3.91. The average Bonchev–Trinajstić information content (AvgIpc) is 2.15. The van der Waals surface area contributed by atoms with Gasteiger partial charge in [-0.2, -0.15) is 0 Å². The highest BCUT2D eigenvalue weighted by molar-refractivity contribution is 7.82. The molecule has 0 heterocycles. The van der Waals surface area contributed by atoms with Crippen molar-refractivity contribution in [1.82, 2.24) is 0 Å². The molecule has 0 aliphatic heterocycles. The molecule has 7 heteroatoms. The molecule has 0 bridgehead atoms. The van der Waals surface area contributed by atoms with Gasteiger partial charge < -0.3 is 9.79 Å². The standard InChI is InChI=1S/C8H9O5PS/c9-7(6-4-2-1-3-5-6)8(15)13-14(10,11)12/h1-5,8,15H,(H2,10,11,12). The van der Waals surface area contributed by atoms with Crippen molar-refractivity contribution in [2.75, 3.05) is 0 Å². The Morgan fingerprint density at radius 2 is 1.87 bits per heavy atom. The number of carbonyl (C=O) groups excluding carboxylic acids is 1. The summed E-state index contributed by atoms with van der Waals surface area (Å²) in [5, 5.41) is 0. The number of ketones is 1. The number of hydrogen-bond donors (Lipinski definition) is 3. The van der Waals surface area contributed by atoms with Crippen molar-refractivity contribution < 1.29 is 23.7 Å². The number of Topliss-reactive ketones (excluding diaryl/α,β-unsaturated/α-hetero) is 1. The molecular weight excluding hydrogens is 239 g/mol. The minimum absolute atomic E-state index is 0.283. The van der Waals surface area contributed by atoms with Gasteiger partial charge in [0, 0.05) is 5.56 Å². The number of rotatable bonds is 4. The summed E-state index contributed by atoms with van der Waals surface area (Å²) in [5.41, 5.74) is -1.18. The minimum atomic E-state index is -4.69. The summed E-state index contributed by atoms with van der Waals surface area (Å²) in [6.07, 6.45) is 0. The fourth-order valence-corrected chi connectivity index (χ4v) is 1.80. The van der Waals surface area contributed by atoms with Crippen LogP contribution in [-0.4, -0.2) is 21.0 Å². The van der Waals surface area contributed by atoms with Crippen molar-refractivity contribution in [1.29, 1.82) is 0 Å². The second-order valence-electron chi connectivity index (χ2n) is 2.68. The molecule has 0 saturated heterocycles. The second-order valence-corrected chi connectivity index (χ2v) is 4.34. The lowest BCUT2D eigenvalue weighted by molar-refractivity contribution is 0.0847. The van der Waals surface area contributed by atoms with Crippen LogP contribution in [0.2, 0.25) is 0 Å². The molecule has 2 N–H and O–H groups in total. The predicted octanol–water partition coefficient (Wildman–Crippen LogP) is 1.23. The van der Waals surface area contributed by atoms with Gasteiger partial charge in [0.25, 0.3) is 0 Å². The lowest BCUT2D eigenvalue weighted by Gasteiger charge is -2.11. The van der Waals surface area contributed by atoms with E-state index in [4.69, 9.17) is 9.79 Å². The van der Waals surface area contributed by atoms with Gasteiger partial charge in [-0.3, -0.25) is 9.32 Å². The van der Waals surface area contributed by atoms with E-state index in [0.717, 1.165) is 0 Å². The van der Waals surface area contributed by atoms with E-state index >= 15 is 0 Å². The van der Waals surface area contributed by atoms with E-state index in [0.29, 0.717) is 0 Å². The maximum Gasteiger partial charge on any atom is 0.471 e. The largest absolute Gasteiger partial charge is 0.471 e. The molecule has 0 radical (unpaired) electrons. The minimum Gasteiger partial charge on any atom is -0.303 e. The van der Waals surface area contributed by atoms with Crippen LogP contribution in [0.4, 0.5) is 0 Å². The fraction of sp³-hybridized carbons (Fsp3) is 0.125. The Labute approximate surface area is 91.7 Å². The maximum absolute atomic E-state index is 11.5. The highest BCUT2D eigenvalue weighted by atomic mass is 32.1. The SMILES string of the molecule is O=C(c1ccccc1)C(S)OP(=O)(O)O. The van der Waals surface area contributed by atoms with Crippen molar-refractivity contribution in [2.45, 2.75) is 5.44 Å². The molecule has 5 nitrogen and oxygen atoms in total. The molecule has 0 amide bonds. The lowest BCUT2D eigenvalue weighted by Crippen LogP contribution is -2.17.